The van der Waals surface area contributed by atoms with E-state index in [9.17, 15) is 4.79 Å². The molecule has 0 saturated carbocycles. The Hall–Kier alpha value is -2.57. The molecule has 1 amide bonds. The number of carbonyl (C=O) groups is 1. The van der Waals surface area contributed by atoms with E-state index >= 15 is 0 Å². The zero-order chi connectivity index (χ0) is 20.0. The van der Waals surface area contributed by atoms with Gasteiger partial charge in [-0.15, -0.1) is 0 Å². The number of hydrogen-bond donors (Lipinski definition) is 1. The van der Waals surface area contributed by atoms with Crippen molar-refractivity contribution in [1.82, 2.24) is 4.90 Å². The van der Waals surface area contributed by atoms with Crippen molar-refractivity contribution in [3.8, 4) is 11.5 Å². The van der Waals surface area contributed by atoms with Crippen LogP contribution in [0.3, 0.4) is 0 Å². The Morgan fingerprint density at radius 2 is 1.61 bits per heavy atom. The van der Waals surface area contributed by atoms with Crippen molar-refractivity contribution < 1.29 is 19.0 Å². The van der Waals surface area contributed by atoms with Crippen LogP contribution < -0.4 is 14.8 Å². The second-order valence-electron chi connectivity index (χ2n) is 6.13. The predicted octanol–water partition coefficient (Wildman–Crippen LogP) is 3.44. The maximum Gasteiger partial charge on any atom is 0.250 e. The van der Waals surface area contributed by atoms with Gasteiger partial charge in [-0.3, -0.25) is 4.79 Å². The first-order valence-electron chi connectivity index (χ1n) is 9.72. The Labute approximate surface area is 167 Å². The van der Waals surface area contributed by atoms with Crippen molar-refractivity contribution in [3.63, 3.8) is 0 Å². The number of nitrogens with zero attached hydrogens (tertiary/aromatic N) is 1. The Morgan fingerprint density at radius 3 is 2.36 bits per heavy atom. The molecule has 152 valence electrons. The van der Waals surface area contributed by atoms with E-state index in [4.69, 9.17) is 14.2 Å². The number of nitrogens with one attached hydrogen (secondary N) is 1. The smallest absolute Gasteiger partial charge is 0.250 e. The van der Waals surface area contributed by atoms with Gasteiger partial charge < -0.3 is 24.4 Å². The highest BCUT2D eigenvalue weighted by atomic mass is 16.5. The van der Waals surface area contributed by atoms with E-state index in [2.05, 4.69) is 24.1 Å². The van der Waals surface area contributed by atoms with E-state index in [-0.39, 0.29) is 12.5 Å². The molecule has 0 aliphatic heterocycles. The van der Waals surface area contributed by atoms with Crippen molar-refractivity contribution in [1.29, 1.82) is 0 Å². The quantitative estimate of drug-likeness (QED) is 0.535. The minimum absolute atomic E-state index is 0.0358. The summed E-state index contributed by atoms with van der Waals surface area (Å²) in [6, 6.07) is 16.9. The van der Waals surface area contributed by atoms with Crippen molar-refractivity contribution in [3.05, 3.63) is 54.6 Å². The number of rotatable bonds is 13. The molecule has 2 aromatic carbocycles. The van der Waals surface area contributed by atoms with Crippen LogP contribution in [0.4, 0.5) is 5.69 Å². The van der Waals surface area contributed by atoms with Crippen LogP contribution in [0.25, 0.3) is 0 Å². The monoisotopic (exact) mass is 386 g/mol. The molecular formula is C22H30N2O4. The van der Waals surface area contributed by atoms with Crippen molar-refractivity contribution in [2.75, 3.05) is 51.4 Å². The largest absolute Gasteiger partial charge is 0.491 e. The van der Waals surface area contributed by atoms with Crippen LogP contribution >= 0.6 is 0 Å². The van der Waals surface area contributed by atoms with Gasteiger partial charge in [-0.1, -0.05) is 44.2 Å². The number of carbonyl (C=O) groups excluding carboxylic acids is 1. The molecule has 0 spiro atoms. The summed E-state index contributed by atoms with van der Waals surface area (Å²) in [5.41, 5.74) is 0.649. The fraction of sp³-hybridized carbons (Fsp3) is 0.409. The number of para-hydroxylation sites is 3. The maximum atomic E-state index is 12.1. The highest BCUT2D eigenvalue weighted by Crippen LogP contribution is 2.23. The minimum Gasteiger partial charge on any atom is -0.491 e. The average molecular weight is 386 g/mol. The van der Waals surface area contributed by atoms with Gasteiger partial charge in [0.25, 0.3) is 0 Å². The summed E-state index contributed by atoms with van der Waals surface area (Å²) in [4.78, 5) is 14.4. The molecule has 0 bridgehead atoms. The summed E-state index contributed by atoms with van der Waals surface area (Å²) in [5.74, 6) is 1.22. The number of likely N-dealkylation sites (N-methyl/N-ethyl adjacent to an activating group) is 1. The molecule has 6 heteroatoms. The van der Waals surface area contributed by atoms with Gasteiger partial charge in [0.2, 0.25) is 5.91 Å². The first-order valence-corrected chi connectivity index (χ1v) is 9.72. The lowest BCUT2D eigenvalue weighted by Crippen LogP contribution is -2.28. The van der Waals surface area contributed by atoms with Crippen LogP contribution in [0.5, 0.6) is 11.5 Å². The highest BCUT2D eigenvalue weighted by molar-refractivity contribution is 5.93. The number of ether oxygens (including phenoxy) is 3. The lowest BCUT2D eigenvalue weighted by Gasteiger charge is -2.19. The van der Waals surface area contributed by atoms with Gasteiger partial charge in [0.05, 0.1) is 12.3 Å². The zero-order valence-electron chi connectivity index (χ0n) is 16.7. The zero-order valence-corrected chi connectivity index (χ0v) is 16.7. The molecule has 2 rings (SSSR count). The first-order chi connectivity index (χ1) is 13.7. The van der Waals surface area contributed by atoms with Crippen LogP contribution in [0.15, 0.2) is 54.6 Å². The van der Waals surface area contributed by atoms with Crippen LogP contribution in [0.1, 0.15) is 13.8 Å². The normalized spacial score (nSPS) is 10.7. The number of amides is 1. The maximum absolute atomic E-state index is 12.1. The molecule has 28 heavy (non-hydrogen) atoms. The molecule has 6 nitrogen and oxygen atoms in total. The molecule has 0 saturated heterocycles. The second-order valence-corrected chi connectivity index (χ2v) is 6.13. The Kier molecular flexibility index (Phi) is 9.89. The fourth-order valence-corrected chi connectivity index (χ4v) is 2.61. The van der Waals surface area contributed by atoms with Crippen LogP contribution in [-0.2, 0) is 9.53 Å². The Bertz CT molecular complexity index is 690. The summed E-state index contributed by atoms with van der Waals surface area (Å²) in [7, 11) is 0. The molecule has 0 unspecified atom stereocenters. The van der Waals surface area contributed by atoms with E-state index in [1.807, 2.05) is 54.6 Å². The van der Waals surface area contributed by atoms with Gasteiger partial charge in [-0.25, -0.2) is 0 Å². The Balaban J connectivity index is 1.69. The van der Waals surface area contributed by atoms with Crippen molar-refractivity contribution in [2.45, 2.75) is 13.8 Å². The third kappa shape index (κ3) is 7.98. The third-order valence-electron chi connectivity index (χ3n) is 4.19. The van der Waals surface area contributed by atoms with E-state index in [1.54, 1.807) is 0 Å². The molecule has 0 aromatic heterocycles. The number of hydrogen-bond acceptors (Lipinski definition) is 5. The first kappa shape index (κ1) is 21.7. The molecule has 0 fully saturated rings. The number of anilines is 1. The summed E-state index contributed by atoms with van der Waals surface area (Å²) in [6.07, 6.45) is 0. The van der Waals surface area contributed by atoms with E-state index < -0.39 is 0 Å². The standard InChI is InChI=1S/C22H30N2O4/c1-3-24(4-2)14-15-28-21-13-9-8-12-20(21)23-22(25)18-26-16-17-27-19-10-6-5-7-11-19/h5-13H,3-4,14-18H2,1-2H3,(H,23,25). The second kappa shape index (κ2) is 12.8. The molecule has 0 atom stereocenters. The fourth-order valence-electron chi connectivity index (χ4n) is 2.61. The molecular weight excluding hydrogens is 356 g/mol. The van der Waals surface area contributed by atoms with E-state index in [0.717, 1.165) is 25.4 Å². The SMILES string of the molecule is CCN(CC)CCOc1ccccc1NC(=O)COCCOc1ccccc1. The molecule has 0 radical (unpaired) electrons. The lowest BCUT2D eigenvalue weighted by molar-refractivity contribution is -0.120. The predicted molar refractivity (Wildman–Crippen MR) is 111 cm³/mol. The van der Waals surface area contributed by atoms with Crippen molar-refractivity contribution in [2.24, 2.45) is 0 Å². The van der Waals surface area contributed by atoms with E-state index in [0.29, 0.717) is 31.3 Å². The summed E-state index contributed by atoms with van der Waals surface area (Å²) < 4.78 is 16.8. The molecule has 0 aliphatic carbocycles. The minimum atomic E-state index is -0.223. The van der Waals surface area contributed by atoms with Crippen LogP contribution in [0, 0.1) is 0 Å². The summed E-state index contributed by atoms with van der Waals surface area (Å²) >= 11 is 0. The molecule has 0 aliphatic rings. The topological polar surface area (TPSA) is 60.0 Å². The van der Waals surface area contributed by atoms with Gasteiger partial charge in [0, 0.05) is 6.54 Å². The third-order valence-corrected chi connectivity index (χ3v) is 4.19. The van der Waals surface area contributed by atoms with Gasteiger partial charge in [0.15, 0.2) is 0 Å². The van der Waals surface area contributed by atoms with Gasteiger partial charge in [-0.2, -0.15) is 0 Å². The van der Waals surface area contributed by atoms with Gasteiger partial charge >= 0.3 is 0 Å². The van der Waals surface area contributed by atoms with Gasteiger partial charge in [-0.05, 0) is 37.4 Å². The Morgan fingerprint density at radius 1 is 0.893 bits per heavy atom. The van der Waals surface area contributed by atoms with Gasteiger partial charge in [0.1, 0.15) is 31.3 Å². The van der Waals surface area contributed by atoms with Crippen molar-refractivity contribution >= 4 is 11.6 Å². The van der Waals surface area contributed by atoms with Crippen LogP contribution in [-0.4, -0.2) is 56.9 Å². The average Bonchev–Trinajstić information content (AvgIpc) is 2.73. The van der Waals surface area contributed by atoms with Crippen LogP contribution in [0.2, 0.25) is 0 Å². The highest BCUT2D eigenvalue weighted by Gasteiger charge is 2.08. The molecule has 0 heterocycles. The summed E-state index contributed by atoms with van der Waals surface area (Å²) in [6.45, 7) is 8.35. The van der Waals surface area contributed by atoms with E-state index in [1.165, 1.54) is 0 Å². The molecule has 1 N–H and O–H groups in total. The molecule has 2 aromatic rings. The number of benzene rings is 2. The lowest BCUT2D eigenvalue weighted by atomic mass is 10.3. The summed E-state index contributed by atoms with van der Waals surface area (Å²) in [5, 5.41) is 2.84.